The molecule has 2 unspecified atom stereocenters. The van der Waals surface area contributed by atoms with Crippen LogP contribution in [0.4, 0.5) is 5.69 Å². The summed E-state index contributed by atoms with van der Waals surface area (Å²) in [6.07, 6.45) is 1.74. The highest BCUT2D eigenvalue weighted by molar-refractivity contribution is 5.94. The second kappa shape index (κ2) is 4.61. The van der Waals surface area contributed by atoms with Crippen molar-refractivity contribution in [3.63, 3.8) is 0 Å². The van der Waals surface area contributed by atoms with Crippen LogP contribution in [0.3, 0.4) is 0 Å². The molecule has 2 heterocycles. The van der Waals surface area contributed by atoms with Crippen molar-refractivity contribution >= 4 is 11.6 Å². The first kappa shape index (κ1) is 11.5. The predicted molar refractivity (Wildman–Crippen MR) is 70.0 cm³/mol. The molecule has 3 rings (SSSR count). The van der Waals surface area contributed by atoms with Crippen LogP contribution in [0.25, 0.3) is 0 Å². The maximum absolute atomic E-state index is 11.8. The van der Waals surface area contributed by atoms with E-state index in [-0.39, 0.29) is 5.91 Å². The Morgan fingerprint density at radius 1 is 1.39 bits per heavy atom. The Labute approximate surface area is 107 Å². The number of anilines is 1. The number of benzene rings is 1. The lowest BCUT2D eigenvalue weighted by Crippen LogP contribution is -2.28. The summed E-state index contributed by atoms with van der Waals surface area (Å²) in [7, 11) is 1.68. The van der Waals surface area contributed by atoms with Crippen LogP contribution in [-0.4, -0.2) is 26.1 Å². The Morgan fingerprint density at radius 3 is 3.00 bits per heavy atom. The van der Waals surface area contributed by atoms with Crippen molar-refractivity contribution in [3.8, 4) is 5.75 Å². The summed E-state index contributed by atoms with van der Waals surface area (Å²) in [6.45, 7) is 2.07. The van der Waals surface area contributed by atoms with Gasteiger partial charge < -0.3 is 15.4 Å². The maximum atomic E-state index is 11.8. The first-order valence-corrected chi connectivity index (χ1v) is 6.46. The van der Waals surface area contributed by atoms with Crippen molar-refractivity contribution in [1.29, 1.82) is 0 Å². The Bertz CT molecular complexity index is 467. The van der Waals surface area contributed by atoms with Crippen molar-refractivity contribution in [3.05, 3.63) is 23.8 Å². The average Bonchev–Trinajstić information content (AvgIpc) is 2.91. The van der Waals surface area contributed by atoms with Gasteiger partial charge in [0.15, 0.2) is 0 Å². The zero-order chi connectivity index (χ0) is 12.5. The summed E-state index contributed by atoms with van der Waals surface area (Å²) < 4.78 is 5.29. The zero-order valence-electron chi connectivity index (χ0n) is 10.5. The van der Waals surface area contributed by atoms with Gasteiger partial charge in [0.2, 0.25) is 5.91 Å². The van der Waals surface area contributed by atoms with Gasteiger partial charge in [-0.05, 0) is 55.1 Å². The van der Waals surface area contributed by atoms with E-state index in [1.165, 1.54) is 5.56 Å². The van der Waals surface area contributed by atoms with E-state index in [2.05, 4.69) is 16.7 Å². The van der Waals surface area contributed by atoms with E-state index in [9.17, 15) is 4.79 Å². The van der Waals surface area contributed by atoms with E-state index in [0.717, 1.165) is 30.9 Å². The number of hydrogen-bond acceptors (Lipinski definition) is 3. The van der Waals surface area contributed by atoms with Gasteiger partial charge in [-0.1, -0.05) is 0 Å². The number of ether oxygens (including phenoxy) is 1. The van der Waals surface area contributed by atoms with E-state index in [4.69, 9.17) is 4.74 Å². The molecular formula is C14H18N2O2. The summed E-state index contributed by atoms with van der Waals surface area (Å²) in [5, 5.41) is 6.33. The smallest absolute Gasteiger partial charge is 0.225 e. The van der Waals surface area contributed by atoms with Crippen LogP contribution in [0.2, 0.25) is 0 Å². The number of amides is 1. The number of hydrogen-bond donors (Lipinski definition) is 2. The molecule has 2 N–H and O–H groups in total. The molecule has 0 aliphatic carbocycles. The third-order valence-corrected chi connectivity index (χ3v) is 4.01. The number of methoxy groups -OCH3 is 1. The molecule has 0 aromatic heterocycles. The molecule has 0 bridgehead atoms. The van der Waals surface area contributed by atoms with Gasteiger partial charge in [0, 0.05) is 12.1 Å². The molecule has 96 valence electrons. The Hall–Kier alpha value is -1.55. The normalized spacial score (nSPS) is 26.6. The van der Waals surface area contributed by atoms with Crippen molar-refractivity contribution in [1.82, 2.24) is 5.32 Å². The Kier molecular flexibility index (Phi) is 2.96. The first-order chi connectivity index (χ1) is 8.78. The van der Waals surface area contributed by atoms with Crippen LogP contribution in [0, 0.1) is 5.92 Å². The van der Waals surface area contributed by atoms with E-state index in [1.54, 1.807) is 7.11 Å². The standard InChI is InChI=1S/C14H18N2O2/c1-18-10-2-3-13-12(6-10)11(7-14(17)16-13)9-4-5-15-8-9/h2-3,6,9,11,15H,4-5,7-8H2,1H3,(H,16,17). The van der Waals surface area contributed by atoms with Crippen LogP contribution < -0.4 is 15.4 Å². The Balaban J connectivity index is 1.98. The van der Waals surface area contributed by atoms with Crippen LogP contribution in [0.5, 0.6) is 5.75 Å². The molecule has 4 heteroatoms. The summed E-state index contributed by atoms with van der Waals surface area (Å²) in [4.78, 5) is 11.8. The van der Waals surface area contributed by atoms with Gasteiger partial charge in [0.1, 0.15) is 5.75 Å². The largest absolute Gasteiger partial charge is 0.497 e. The van der Waals surface area contributed by atoms with Gasteiger partial charge in [0.25, 0.3) is 0 Å². The molecular weight excluding hydrogens is 228 g/mol. The summed E-state index contributed by atoms with van der Waals surface area (Å²) >= 11 is 0. The molecule has 0 spiro atoms. The number of nitrogens with one attached hydrogen (secondary N) is 2. The van der Waals surface area contributed by atoms with Gasteiger partial charge in [-0.2, -0.15) is 0 Å². The fourth-order valence-electron chi connectivity index (χ4n) is 3.04. The SMILES string of the molecule is COc1ccc2c(c1)C(C1CCNC1)CC(=O)N2. The lowest BCUT2D eigenvalue weighted by molar-refractivity contribution is -0.117. The molecule has 2 aliphatic rings. The predicted octanol–water partition coefficient (Wildman–Crippen LogP) is 1.73. The lowest BCUT2D eigenvalue weighted by atomic mass is 9.80. The van der Waals surface area contributed by atoms with Gasteiger partial charge in [0.05, 0.1) is 7.11 Å². The zero-order valence-corrected chi connectivity index (χ0v) is 10.5. The number of carbonyl (C=O) groups excluding carboxylic acids is 1. The van der Waals surface area contributed by atoms with Crippen LogP contribution in [0.1, 0.15) is 24.3 Å². The second-order valence-electron chi connectivity index (χ2n) is 5.06. The lowest BCUT2D eigenvalue weighted by Gasteiger charge is -2.30. The fourth-order valence-corrected chi connectivity index (χ4v) is 3.04. The van der Waals surface area contributed by atoms with Crippen molar-refractivity contribution in [2.24, 2.45) is 5.92 Å². The first-order valence-electron chi connectivity index (χ1n) is 6.46. The molecule has 1 aromatic rings. The fraction of sp³-hybridized carbons (Fsp3) is 0.500. The minimum atomic E-state index is 0.129. The van der Waals surface area contributed by atoms with Gasteiger partial charge in [-0.25, -0.2) is 0 Å². The summed E-state index contributed by atoms with van der Waals surface area (Å²) in [5.74, 6) is 1.87. The van der Waals surface area contributed by atoms with Gasteiger partial charge in [-0.3, -0.25) is 4.79 Å². The minimum Gasteiger partial charge on any atom is -0.497 e. The highest BCUT2D eigenvalue weighted by Gasteiger charge is 2.33. The quantitative estimate of drug-likeness (QED) is 0.835. The third-order valence-electron chi connectivity index (χ3n) is 4.01. The van der Waals surface area contributed by atoms with Gasteiger partial charge in [-0.15, -0.1) is 0 Å². The molecule has 0 radical (unpaired) electrons. The van der Waals surface area contributed by atoms with E-state index in [0.29, 0.717) is 18.3 Å². The van der Waals surface area contributed by atoms with Crippen LogP contribution >= 0.6 is 0 Å². The number of fused-ring (bicyclic) bond motifs is 1. The second-order valence-corrected chi connectivity index (χ2v) is 5.06. The van der Waals surface area contributed by atoms with Crippen molar-refractivity contribution in [2.45, 2.75) is 18.8 Å². The molecule has 18 heavy (non-hydrogen) atoms. The molecule has 4 nitrogen and oxygen atoms in total. The van der Waals surface area contributed by atoms with Crippen molar-refractivity contribution < 1.29 is 9.53 Å². The minimum absolute atomic E-state index is 0.129. The van der Waals surface area contributed by atoms with E-state index < -0.39 is 0 Å². The highest BCUT2D eigenvalue weighted by atomic mass is 16.5. The molecule has 2 atom stereocenters. The van der Waals surface area contributed by atoms with E-state index in [1.807, 2.05) is 12.1 Å². The highest BCUT2D eigenvalue weighted by Crippen LogP contribution is 2.40. The molecule has 0 saturated carbocycles. The average molecular weight is 246 g/mol. The van der Waals surface area contributed by atoms with Crippen LogP contribution in [0.15, 0.2) is 18.2 Å². The number of rotatable bonds is 2. The van der Waals surface area contributed by atoms with Crippen molar-refractivity contribution in [2.75, 3.05) is 25.5 Å². The summed E-state index contributed by atoms with van der Waals surface area (Å²) in [6, 6.07) is 5.91. The monoisotopic (exact) mass is 246 g/mol. The van der Waals surface area contributed by atoms with E-state index >= 15 is 0 Å². The molecule has 1 amide bonds. The maximum Gasteiger partial charge on any atom is 0.225 e. The van der Waals surface area contributed by atoms with Gasteiger partial charge >= 0.3 is 0 Å². The Morgan fingerprint density at radius 2 is 2.28 bits per heavy atom. The third kappa shape index (κ3) is 1.97. The topological polar surface area (TPSA) is 50.4 Å². The molecule has 1 fully saturated rings. The molecule has 1 saturated heterocycles. The summed E-state index contributed by atoms with van der Waals surface area (Å²) in [5.41, 5.74) is 2.17. The van der Waals surface area contributed by atoms with Crippen LogP contribution in [-0.2, 0) is 4.79 Å². The molecule has 1 aromatic carbocycles. The number of carbonyl (C=O) groups is 1. The molecule has 2 aliphatic heterocycles.